The molecule has 0 unspecified atom stereocenters. The quantitative estimate of drug-likeness (QED) is 0.619. The second kappa shape index (κ2) is 5.61. The highest BCUT2D eigenvalue weighted by molar-refractivity contribution is 6.21. The van der Waals surface area contributed by atoms with Crippen LogP contribution in [0.3, 0.4) is 0 Å². The molecule has 0 saturated carbocycles. The van der Waals surface area contributed by atoms with Gasteiger partial charge in [0.25, 0.3) is 11.8 Å². The lowest BCUT2D eigenvalue weighted by Crippen LogP contribution is -2.39. The fraction of sp³-hybridized carbons (Fsp3) is 0.412. The van der Waals surface area contributed by atoms with Crippen LogP contribution in [-0.4, -0.2) is 22.8 Å². The number of carbonyl (C=O) groups is 2. The summed E-state index contributed by atoms with van der Waals surface area (Å²) in [6, 6.07) is 6.89. The third kappa shape index (κ3) is 2.67. The van der Waals surface area contributed by atoms with Gasteiger partial charge in [-0.15, -0.1) is 0 Å². The first kappa shape index (κ1) is 14.5. The van der Waals surface area contributed by atoms with Crippen LogP contribution in [0.4, 0.5) is 0 Å². The van der Waals surface area contributed by atoms with Gasteiger partial charge in [-0.05, 0) is 38.3 Å². The molecule has 1 aliphatic heterocycles. The predicted octanol–water partition coefficient (Wildman–Crippen LogP) is 3.66. The lowest BCUT2D eigenvalue weighted by molar-refractivity contribution is 0.0601. The van der Waals surface area contributed by atoms with Crippen LogP contribution in [0.25, 0.3) is 0 Å². The lowest BCUT2D eigenvalue weighted by Gasteiger charge is -2.25. The molecule has 0 N–H and O–H groups in total. The van der Waals surface area contributed by atoms with E-state index in [9.17, 15) is 9.59 Å². The minimum Gasteiger partial charge on any atom is -0.269 e. The Kier molecular flexibility index (Phi) is 4.07. The number of allylic oxidation sites excluding steroid dienone is 1. The third-order valence-electron chi connectivity index (χ3n) is 3.40. The van der Waals surface area contributed by atoms with E-state index < -0.39 is 0 Å². The first-order chi connectivity index (χ1) is 9.41. The monoisotopic (exact) mass is 271 g/mol. The van der Waals surface area contributed by atoms with Gasteiger partial charge in [0.05, 0.1) is 17.2 Å². The molecule has 20 heavy (non-hydrogen) atoms. The van der Waals surface area contributed by atoms with E-state index in [1.807, 2.05) is 19.9 Å². The molecule has 1 aromatic rings. The van der Waals surface area contributed by atoms with E-state index in [1.54, 1.807) is 24.3 Å². The summed E-state index contributed by atoms with van der Waals surface area (Å²) < 4.78 is 0. The molecule has 106 valence electrons. The van der Waals surface area contributed by atoms with E-state index in [4.69, 9.17) is 0 Å². The Labute approximate surface area is 120 Å². The highest BCUT2D eigenvalue weighted by Gasteiger charge is 2.38. The van der Waals surface area contributed by atoms with Gasteiger partial charge in [-0.3, -0.25) is 14.5 Å². The minimum absolute atomic E-state index is 0.160. The number of hydrogen-bond donors (Lipinski definition) is 0. The van der Waals surface area contributed by atoms with Crippen LogP contribution in [0, 0.1) is 5.92 Å². The molecule has 0 radical (unpaired) electrons. The standard InChI is InChI=1S/C17H21NO2/c1-11(2)9-13(10-12(3)4)18-16(19)14-7-5-6-8-15(14)17(18)20/h5-9,12-13H,10H2,1-4H3/t13-/m1/s1. The van der Waals surface area contributed by atoms with Crippen LogP contribution >= 0.6 is 0 Å². The Morgan fingerprint density at radius 3 is 2.00 bits per heavy atom. The van der Waals surface area contributed by atoms with Crippen molar-refractivity contribution in [1.29, 1.82) is 0 Å². The molecule has 0 aliphatic carbocycles. The van der Waals surface area contributed by atoms with Crippen molar-refractivity contribution in [2.45, 2.75) is 40.2 Å². The Balaban J connectivity index is 2.39. The Morgan fingerprint density at radius 2 is 1.60 bits per heavy atom. The number of imide groups is 1. The van der Waals surface area contributed by atoms with E-state index in [-0.39, 0.29) is 17.9 Å². The fourth-order valence-electron chi connectivity index (χ4n) is 2.62. The first-order valence-corrected chi connectivity index (χ1v) is 7.03. The average Bonchev–Trinajstić information content (AvgIpc) is 2.61. The van der Waals surface area contributed by atoms with Crippen LogP contribution in [0.2, 0.25) is 0 Å². The predicted molar refractivity (Wildman–Crippen MR) is 79.6 cm³/mol. The number of hydrogen-bond acceptors (Lipinski definition) is 2. The van der Waals surface area contributed by atoms with Crippen LogP contribution in [0.5, 0.6) is 0 Å². The van der Waals surface area contributed by atoms with Crippen molar-refractivity contribution < 1.29 is 9.59 Å². The van der Waals surface area contributed by atoms with Crippen molar-refractivity contribution in [3.05, 3.63) is 47.0 Å². The van der Waals surface area contributed by atoms with Crippen molar-refractivity contribution in [1.82, 2.24) is 4.90 Å². The maximum Gasteiger partial charge on any atom is 0.262 e. The summed E-state index contributed by atoms with van der Waals surface area (Å²) in [7, 11) is 0. The summed E-state index contributed by atoms with van der Waals surface area (Å²) in [6.07, 6.45) is 2.80. The van der Waals surface area contributed by atoms with Gasteiger partial charge >= 0.3 is 0 Å². The van der Waals surface area contributed by atoms with Crippen LogP contribution in [0.15, 0.2) is 35.9 Å². The van der Waals surface area contributed by atoms with Gasteiger partial charge in [0.2, 0.25) is 0 Å². The zero-order chi connectivity index (χ0) is 14.9. The average molecular weight is 271 g/mol. The summed E-state index contributed by atoms with van der Waals surface area (Å²) >= 11 is 0. The Hall–Kier alpha value is -1.90. The van der Waals surface area contributed by atoms with E-state index in [1.165, 1.54) is 4.90 Å². The second-order valence-corrected chi connectivity index (χ2v) is 5.97. The van der Waals surface area contributed by atoms with E-state index in [0.717, 1.165) is 12.0 Å². The molecule has 2 rings (SSSR count). The molecule has 0 aromatic heterocycles. The summed E-state index contributed by atoms with van der Waals surface area (Å²) in [5.41, 5.74) is 2.16. The van der Waals surface area contributed by atoms with Crippen molar-refractivity contribution in [2.24, 2.45) is 5.92 Å². The fourth-order valence-corrected chi connectivity index (χ4v) is 2.62. The molecule has 2 amide bonds. The number of fused-ring (bicyclic) bond motifs is 1. The number of nitrogens with zero attached hydrogens (tertiary/aromatic N) is 1. The zero-order valence-corrected chi connectivity index (χ0v) is 12.5. The van der Waals surface area contributed by atoms with Crippen molar-refractivity contribution in [3.8, 4) is 0 Å². The number of carbonyl (C=O) groups excluding carboxylic acids is 2. The van der Waals surface area contributed by atoms with Gasteiger partial charge in [0.15, 0.2) is 0 Å². The number of benzene rings is 1. The van der Waals surface area contributed by atoms with Crippen molar-refractivity contribution in [3.63, 3.8) is 0 Å². The molecule has 1 heterocycles. The van der Waals surface area contributed by atoms with Gasteiger partial charge in [-0.2, -0.15) is 0 Å². The smallest absolute Gasteiger partial charge is 0.262 e. The molecule has 0 fully saturated rings. The van der Waals surface area contributed by atoms with Crippen LogP contribution in [0.1, 0.15) is 54.8 Å². The van der Waals surface area contributed by atoms with E-state index >= 15 is 0 Å². The van der Waals surface area contributed by atoms with Crippen LogP contribution in [-0.2, 0) is 0 Å². The third-order valence-corrected chi connectivity index (χ3v) is 3.40. The maximum atomic E-state index is 12.5. The maximum absolute atomic E-state index is 12.5. The minimum atomic E-state index is -0.172. The molecule has 0 spiro atoms. The highest BCUT2D eigenvalue weighted by atomic mass is 16.2. The summed E-state index contributed by atoms with van der Waals surface area (Å²) in [4.78, 5) is 26.4. The second-order valence-electron chi connectivity index (χ2n) is 5.97. The molecular weight excluding hydrogens is 250 g/mol. The molecular formula is C17H21NO2. The van der Waals surface area contributed by atoms with E-state index in [2.05, 4.69) is 13.8 Å². The van der Waals surface area contributed by atoms with Gasteiger partial charge in [0, 0.05) is 0 Å². The molecule has 1 atom stereocenters. The Morgan fingerprint density at radius 1 is 1.10 bits per heavy atom. The largest absolute Gasteiger partial charge is 0.269 e. The highest BCUT2D eigenvalue weighted by Crippen LogP contribution is 2.27. The van der Waals surface area contributed by atoms with Gasteiger partial charge in [-0.25, -0.2) is 0 Å². The van der Waals surface area contributed by atoms with Gasteiger partial charge < -0.3 is 0 Å². The summed E-state index contributed by atoms with van der Waals surface area (Å²) in [6.45, 7) is 8.19. The lowest BCUT2D eigenvalue weighted by atomic mass is 10.0. The topological polar surface area (TPSA) is 37.4 Å². The summed E-state index contributed by atoms with van der Waals surface area (Å²) in [5, 5.41) is 0. The molecule has 1 aliphatic rings. The van der Waals surface area contributed by atoms with Gasteiger partial charge in [-0.1, -0.05) is 37.6 Å². The van der Waals surface area contributed by atoms with Crippen molar-refractivity contribution >= 4 is 11.8 Å². The molecule has 3 heteroatoms. The normalized spacial score (nSPS) is 15.6. The van der Waals surface area contributed by atoms with Crippen LogP contribution < -0.4 is 0 Å². The first-order valence-electron chi connectivity index (χ1n) is 7.03. The SMILES string of the molecule is CC(C)=C[C@H](CC(C)C)N1C(=O)c2ccccc2C1=O. The van der Waals surface area contributed by atoms with Crippen molar-refractivity contribution in [2.75, 3.05) is 0 Å². The Bertz CT molecular complexity index is 533. The molecule has 3 nitrogen and oxygen atoms in total. The molecule has 0 saturated heterocycles. The molecule has 1 aromatic carbocycles. The zero-order valence-electron chi connectivity index (χ0n) is 12.5. The van der Waals surface area contributed by atoms with E-state index in [0.29, 0.717) is 17.0 Å². The van der Waals surface area contributed by atoms with Gasteiger partial charge in [0.1, 0.15) is 0 Å². The number of amides is 2. The molecule has 0 bridgehead atoms. The number of rotatable bonds is 4. The summed E-state index contributed by atoms with van der Waals surface area (Å²) in [5.74, 6) is 0.0717.